The first kappa shape index (κ1) is 26.8. The van der Waals surface area contributed by atoms with Gasteiger partial charge in [0.15, 0.2) is 0 Å². The minimum absolute atomic E-state index is 0.0604. The van der Waals surface area contributed by atoms with E-state index in [1.165, 1.54) is 83.5 Å². The Hall–Kier alpha value is -0.160. The minimum atomic E-state index is -0.559. The van der Waals surface area contributed by atoms with Crippen LogP contribution in [0.4, 0.5) is 0 Å². The number of hydrogen-bond donors (Lipinski definition) is 3. The number of rotatable bonds is 21. The van der Waals surface area contributed by atoms with Crippen molar-refractivity contribution >= 4 is 0 Å². The van der Waals surface area contributed by atoms with Gasteiger partial charge >= 0.3 is 0 Å². The van der Waals surface area contributed by atoms with Crippen molar-refractivity contribution in [1.29, 1.82) is 0 Å². The lowest BCUT2D eigenvalue weighted by Gasteiger charge is -2.21. The van der Waals surface area contributed by atoms with Gasteiger partial charge in [-0.2, -0.15) is 0 Å². The van der Waals surface area contributed by atoms with Crippen molar-refractivity contribution in [3.8, 4) is 0 Å². The summed E-state index contributed by atoms with van der Waals surface area (Å²) in [5, 5.41) is 21.4. The lowest BCUT2D eigenvalue weighted by atomic mass is 10.0. The number of aliphatic hydroxyl groups is 2. The fourth-order valence-corrected chi connectivity index (χ4v) is 3.39. The number of ether oxygens (including phenoxy) is 1. The first-order valence-electron chi connectivity index (χ1n) is 11.7. The Labute approximate surface area is 169 Å². The summed E-state index contributed by atoms with van der Waals surface area (Å²) in [7, 11) is 0. The van der Waals surface area contributed by atoms with Crippen LogP contribution in [0.2, 0.25) is 0 Å². The fourth-order valence-electron chi connectivity index (χ4n) is 3.39. The second-order valence-electron chi connectivity index (χ2n) is 8.49. The minimum Gasteiger partial charge on any atom is -0.395 e. The molecule has 164 valence electrons. The van der Waals surface area contributed by atoms with Crippen LogP contribution in [-0.2, 0) is 4.74 Å². The summed E-state index contributed by atoms with van der Waals surface area (Å²) >= 11 is 0. The van der Waals surface area contributed by atoms with Gasteiger partial charge in [0, 0.05) is 13.2 Å². The van der Waals surface area contributed by atoms with E-state index in [2.05, 4.69) is 19.2 Å². The quantitative estimate of drug-likeness (QED) is 0.182. The molecule has 2 unspecified atom stereocenters. The van der Waals surface area contributed by atoms with Crippen LogP contribution in [0.15, 0.2) is 0 Å². The zero-order valence-corrected chi connectivity index (χ0v) is 18.6. The molecule has 0 heterocycles. The van der Waals surface area contributed by atoms with Gasteiger partial charge in [-0.05, 0) is 19.3 Å². The van der Waals surface area contributed by atoms with Crippen molar-refractivity contribution in [2.45, 2.75) is 123 Å². The van der Waals surface area contributed by atoms with Gasteiger partial charge in [0.1, 0.15) is 6.23 Å². The molecule has 0 aliphatic heterocycles. The molecule has 27 heavy (non-hydrogen) atoms. The third-order valence-corrected chi connectivity index (χ3v) is 5.12. The van der Waals surface area contributed by atoms with Crippen LogP contribution in [0.1, 0.15) is 111 Å². The molecule has 2 atom stereocenters. The van der Waals surface area contributed by atoms with Crippen LogP contribution >= 0.6 is 0 Å². The van der Waals surface area contributed by atoms with Crippen molar-refractivity contribution < 1.29 is 14.9 Å². The van der Waals surface area contributed by atoms with Crippen molar-refractivity contribution in [2.75, 3.05) is 19.8 Å². The molecule has 0 amide bonds. The smallest absolute Gasteiger partial charge is 0.134 e. The van der Waals surface area contributed by atoms with Crippen molar-refractivity contribution in [3.05, 3.63) is 0 Å². The van der Waals surface area contributed by atoms with E-state index in [1.54, 1.807) is 6.92 Å². The molecule has 0 aromatic rings. The van der Waals surface area contributed by atoms with Crippen molar-refractivity contribution in [2.24, 2.45) is 5.92 Å². The van der Waals surface area contributed by atoms with E-state index in [0.717, 1.165) is 12.3 Å². The Morgan fingerprint density at radius 3 is 1.56 bits per heavy atom. The summed E-state index contributed by atoms with van der Waals surface area (Å²) in [6.07, 6.45) is 18.0. The third kappa shape index (κ3) is 20.4. The Morgan fingerprint density at radius 2 is 1.15 bits per heavy atom. The predicted octanol–water partition coefficient (Wildman–Crippen LogP) is 5.41. The maximum Gasteiger partial charge on any atom is 0.134 e. The normalized spacial score (nSPS) is 14.0. The SMILES string of the molecule is CC(C)CCCCCCCCCCCCCCCOC(NCCO)C(C)O. The molecule has 0 fully saturated rings. The second-order valence-corrected chi connectivity index (χ2v) is 8.49. The first-order valence-corrected chi connectivity index (χ1v) is 11.7. The van der Waals surface area contributed by atoms with E-state index in [-0.39, 0.29) is 12.8 Å². The second kappa shape index (κ2) is 20.6. The largest absolute Gasteiger partial charge is 0.395 e. The molecular weight excluding hydrogens is 338 g/mol. The van der Waals surface area contributed by atoms with E-state index in [0.29, 0.717) is 13.2 Å². The van der Waals surface area contributed by atoms with Crippen LogP contribution < -0.4 is 5.32 Å². The molecule has 0 saturated heterocycles. The van der Waals surface area contributed by atoms with Gasteiger partial charge in [-0.25, -0.2) is 0 Å². The van der Waals surface area contributed by atoms with Crippen molar-refractivity contribution in [1.82, 2.24) is 5.32 Å². The van der Waals surface area contributed by atoms with E-state index >= 15 is 0 Å². The van der Waals surface area contributed by atoms with Crippen LogP contribution in [0.3, 0.4) is 0 Å². The summed E-state index contributed by atoms with van der Waals surface area (Å²) in [5.74, 6) is 0.868. The summed E-state index contributed by atoms with van der Waals surface area (Å²) in [4.78, 5) is 0. The number of hydrogen-bond acceptors (Lipinski definition) is 4. The number of aliphatic hydroxyl groups excluding tert-OH is 2. The molecule has 0 aliphatic rings. The molecule has 0 aromatic heterocycles. The summed E-state index contributed by atoms with van der Waals surface area (Å²) in [5.41, 5.74) is 0. The zero-order chi connectivity index (χ0) is 20.2. The molecule has 0 bridgehead atoms. The topological polar surface area (TPSA) is 61.7 Å². The number of unbranched alkanes of at least 4 members (excludes halogenated alkanes) is 12. The molecule has 0 spiro atoms. The van der Waals surface area contributed by atoms with E-state index < -0.39 is 6.10 Å². The van der Waals surface area contributed by atoms with E-state index in [1.807, 2.05) is 0 Å². The Morgan fingerprint density at radius 1 is 0.704 bits per heavy atom. The standard InChI is InChI=1S/C23H49NO3/c1-21(2)17-15-13-11-9-7-5-4-6-8-10-12-14-16-20-27-23(22(3)26)24-18-19-25/h21-26H,4-20H2,1-3H3. The van der Waals surface area contributed by atoms with E-state index in [9.17, 15) is 5.11 Å². The first-order chi connectivity index (χ1) is 13.1. The highest BCUT2D eigenvalue weighted by Crippen LogP contribution is 2.14. The van der Waals surface area contributed by atoms with Gasteiger partial charge in [0.25, 0.3) is 0 Å². The van der Waals surface area contributed by atoms with Gasteiger partial charge in [-0.15, -0.1) is 0 Å². The molecule has 0 saturated carbocycles. The van der Waals surface area contributed by atoms with Crippen LogP contribution in [0.5, 0.6) is 0 Å². The van der Waals surface area contributed by atoms with Gasteiger partial charge in [0.05, 0.1) is 12.7 Å². The fraction of sp³-hybridized carbons (Fsp3) is 1.00. The summed E-state index contributed by atoms with van der Waals surface area (Å²) in [6, 6.07) is 0. The van der Waals surface area contributed by atoms with Crippen molar-refractivity contribution in [3.63, 3.8) is 0 Å². The highest BCUT2D eigenvalue weighted by molar-refractivity contribution is 4.62. The maximum absolute atomic E-state index is 9.60. The molecular formula is C23H49NO3. The molecule has 0 aliphatic carbocycles. The van der Waals surface area contributed by atoms with Gasteiger partial charge in [-0.1, -0.05) is 97.3 Å². The van der Waals surface area contributed by atoms with Crippen LogP contribution in [0, 0.1) is 5.92 Å². The average Bonchev–Trinajstić information content (AvgIpc) is 2.63. The monoisotopic (exact) mass is 387 g/mol. The molecule has 4 heteroatoms. The highest BCUT2D eigenvalue weighted by atomic mass is 16.5. The summed E-state index contributed by atoms with van der Waals surface area (Å²) < 4.78 is 5.65. The molecule has 0 rings (SSSR count). The molecule has 4 nitrogen and oxygen atoms in total. The molecule has 3 N–H and O–H groups in total. The van der Waals surface area contributed by atoms with Gasteiger partial charge < -0.3 is 14.9 Å². The Bertz CT molecular complexity index is 285. The van der Waals surface area contributed by atoms with Gasteiger partial charge in [0.2, 0.25) is 0 Å². The lowest BCUT2D eigenvalue weighted by molar-refractivity contribution is -0.0507. The van der Waals surface area contributed by atoms with Gasteiger partial charge in [-0.3, -0.25) is 5.32 Å². The average molecular weight is 388 g/mol. The zero-order valence-electron chi connectivity index (χ0n) is 18.6. The maximum atomic E-state index is 9.60. The Balaban J connectivity index is 3.22. The highest BCUT2D eigenvalue weighted by Gasteiger charge is 2.13. The summed E-state index contributed by atoms with van der Waals surface area (Å²) in [6.45, 7) is 7.53. The van der Waals surface area contributed by atoms with Crippen LogP contribution in [-0.4, -0.2) is 42.3 Å². The molecule has 0 radical (unpaired) electrons. The predicted molar refractivity (Wildman–Crippen MR) is 116 cm³/mol. The lowest BCUT2D eigenvalue weighted by Crippen LogP contribution is -2.42. The van der Waals surface area contributed by atoms with Crippen LogP contribution in [0.25, 0.3) is 0 Å². The Kier molecular flexibility index (Phi) is 20.4. The molecule has 0 aromatic carbocycles. The number of nitrogens with one attached hydrogen (secondary N) is 1. The third-order valence-electron chi connectivity index (χ3n) is 5.12. The van der Waals surface area contributed by atoms with E-state index in [4.69, 9.17) is 9.84 Å².